The lowest BCUT2D eigenvalue weighted by atomic mass is 10.1. The molecule has 168 valence electrons. The van der Waals surface area contributed by atoms with Crippen LogP contribution in [0.1, 0.15) is 26.5 Å². The highest BCUT2D eigenvalue weighted by Crippen LogP contribution is 2.23. The molecule has 0 aliphatic carbocycles. The van der Waals surface area contributed by atoms with Crippen LogP contribution in [0.3, 0.4) is 0 Å². The minimum Gasteiger partial charge on any atom is -0.481 e. The summed E-state index contributed by atoms with van der Waals surface area (Å²) in [6.07, 6.45) is -0.196. The van der Waals surface area contributed by atoms with Gasteiger partial charge in [-0.15, -0.1) is 11.3 Å². The molecule has 7 heteroatoms. The number of ether oxygens (including phenoxy) is 2. The van der Waals surface area contributed by atoms with E-state index in [1.165, 1.54) is 11.3 Å². The monoisotopic (exact) mass is 451 g/mol. The molecule has 32 heavy (non-hydrogen) atoms. The lowest BCUT2D eigenvalue weighted by molar-refractivity contribution is -0.122. The van der Waals surface area contributed by atoms with E-state index in [1.807, 2.05) is 47.8 Å². The van der Waals surface area contributed by atoms with Crippen molar-refractivity contribution >= 4 is 22.4 Å². The third-order valence-electron chi connectivity index (χ3n) is 5.31. The van der Waals surface area contributed by atoms with Crippen LogP contribution in [0.2, 0.25) is 0 Å². The Morgan fingerprint density at radius 3 is 2.47 bits per heavy atom. The second kappa shape index (κ2) is 10.3. The Kier molecular flexibility index (Phi) is 7.19. The molecule has 6 nitrogen and oxygen atoms in total. The third kappa shape index (κ3) is 5.94. The van der Waals surface area contributed by atoms with E-state index < -0.39 is 6.10 Å². The van der Waals surface area contributed by atoms with Gasteiger partial charge in [-0.25, -0.2) is 4.98 Å². The first-order valence-corrected chi connectivity index (χ1v) is 11.8. The molecule has 1 N–H and O–H groups in total. The summed E-state index contributed by atoms with van der Waals surface area (Å²) in [5.41, 5.74) is 3.21. The molecule has 4 rings (SSSR count). The van der Waals surface area contributed by atoms with Gasteiger partial charge in [0.2, 0.25) is 0 Å². The van der Waals surface area contributed by atoms with Crippen molar-refractivity contribution in [2.75, 3.05) is 18.4 Å². The van der Waals surface area contributed by atoms with E-state index >= 15 is 0 Å². The fraction of sp³-hybridized carbons (Fsp3) is 0.360. The Balaban J connectivity index is 1.29. The number of hydrogen-bond donors (Lipinski definition) is 1. The maximum absolute atomic E-state index is 12.6. The SMILES string of the molecule is CC1CN(Cc2csc(NC(=O)C(C)Oc3ccc(-c4ccccc4)cc3)n2)CC(C)O1. The minimum absolute atomic E-state index is 0.216. The molecule has 1 fully saturated rings. The van der Waals surface area contributed by atoms with E-state index in [-0.39, 0.29) is 18.1 Å². The molecule has 0 spiro atoms. The van der Waals surface area contributed by atoms with E-state index in [1.54, 1.807) is 6.92 Å². The van der Waals surface area contributed by atoms with Crippen LogP contribution in [0.4, 0.5) is 5.13 Å². The number of rotatable bonds is 7. The zero-order valence-electron chi connectivity index (χ0n) is 18.7. The number of thiazole rings is 1. The van der Waals surface area contributed by atoms with Crippen LogP contribution in [0.25, 0.3) is 11.1 Å². The molecule has 0 bridgehead atoms. The molecular formula is C25H29N3O3S. The number of carbonyl (C=O) groups excluding carboxylic acids is 1. The second-order valence-corrected chi connectivity index (χ2v) is 9.09. The Morgan fingerprint density at radius 1 is 1.12 bits per heavy atom. The van der Waals surface area contributed by atoms with Crippen molar-refractivity contribution in [2.24, 2.45) is 0 Å². The molecule has 0 saturated carbocycles. The van der Waals surface area contributed by atoms with Gasteiger partial charge in [-0.05, 0) is 44.0 Å². The summed E-state index contributed by atoms with van der Waals surface area (Å²) in [6, 6.07) is 17.9. The highest BCUT2D eigenvalue weighted by atomic mass is 32.1. The number of amides is 1. The molecule has 1 aliphatic heterocycles. The number of nitrogens with zero attached hydrogens (tertiary/aromatic N) is 2. The van der Waals surface area contributed by atoms with Crippen LogP contribution in [-0.2, 0) is 16.1 Å². The highest BCUT2D eigenvalue weighted by Gasteiger charge is 2.23. The van der Waals surface area contributed by atoms with Gasteiger partial charge in [0.25, 0.3) is 5.91 Å². The van der Waals surface area contributed by atoms with Crippen LogP contribution >= 0.6 is 11.3 Å². The van der Waals surface area contributed by atoms with Crippen LogP contribution in [0.5, 0.6) is 5.75 Å². The van der Waals surface area contributed by atoms with Crippen LogP contribution in [0, 0.1) is 0 Å². The van der Waals surface area contributed by atoms with Crippen molar-refractivity contribution in [2.45, 2.75) is 45.6 Å². The van der Waals surface area contributed by atoms with Crippen LogP contribution in [0.15, 0.2) is 60.0 Å². The van der Waals surface area contributed by atoms with Gasteiger partial charge >= 0.3 is 0 Å². The van der Waals surface area contributed by atoms with E-state index in [4.69, 9.17) is 9.47 Å². The number of benzene rings is 2. The zero-order chi connectivity index (χ0) is 22.5. The van der Waals surface area contributed by atoms with Crippen molar-refractivity contribution in [3.63, 3.8) is 0 Å². The van der Waals surface area contributed by atoms with Crippen molar-refractivity contribution in [3.8, 4) is 16.9 Å². The molecule has 1 amide bonds. The summed E-state index contributed by atoms with van der Waals surface area (Å²) in [4.78, 5) is 19.5. The van der Waals surface area contributed by atoms with Crippen LogP contribution in [-0.4, -0.2) is 47.2 Å². The van der Waals surface area contributed by atoms with Crippen molar-refractivity contribution in [1.29, 1.82) is 0 Å². The summed E-state index contributed by atoms with van der Waals surface area (Å²) < 4.78 is 11.6. The molecule has 1 saturated heterocycles. The average Bonchev–Trinajstić information content (AvgIpc) is 3.20. The van der Waals surface area contributed by atoms with Gasteiger partial charge in [0.05, 0.1) is 17.9 Å². The Hall–Kier alpha value is -2.74. The predicted molar refractivity (Wildman–Crippen MR) is 128 cm³/mol. The van der Waals surface area contributed by atoms with Crippen molar-refractivity contribution in [3.05, 3.63) is 65.7 Å². The quantitative estimate of drug-likeness (QED) is 0.558. The lowest BCUT2D eigenvalue weighted by Gasteiger charge is -2.34. The van der Waals surface area contributed by atoms with E-state index in [9.17, 15) is 4.79 Å². The fourth-order valence-electron chi connectivity index (χ4n) is 3.90. The fourth-order valence-corrected chi connectivity index (χ4v) is 4.61. The molecule has 2 aromatic carbocycles. The molecule has 3 atom stereocenters. The Morgan fingerprint density at radius 2 is 1.78 bits per heavy atom. The molecule has 2 heterocycles. The van der Waals surface area contributed by atoms with Gasteiger partial charge in [0, 0.05) is 25.0 Å². The van der Waals surface area contributed by atoms with E-state index in [0.717, 1.165) is 36.5 Å². The first-order valence-electron chi connectivity index (χ1n) is 10.9. The van der Waals surface area contributed by atoms with E-state index in [0.29, 0.717) is 10.9 Å². The third-order valence-corrected chi connectivity index (χ3v) is 6.11. The van der Waals surface area contributed by atoms with Gasteiger partial charge in [-0.2, -0.15) is 0 Å². The van der Waals surface area contributed by atoms with Gasteiger partial charge in [-0.3, -0.25) is 15.0 Å². The zero-order valence-corrected chi connectivity index (χ0v) is 19.5. The molecule has 1 aliphatic rings. The standard InChI is InChI=1S/C25H29N3O3S/c1-17-13-28(14-18(2)30-17)15-22-16-32-25(26-22)27-24(29)19(3)31-23-11-9-21(10-12-23)20-7-5-4-6-8-20/h4-12,16-19H,13-15H2,1-3H3,(H,26,27,29). The molecular weight excluding hydrogens is 422 g/mol. The van der Waals surface area contributed by atoms with Crippen LogP contribution < -0.4 is 10.1 Å². The molecule has 3 unspecified atom stereocenters. The molecule has 0 radical (unpaired) electrons. The number of anilines is 1. The first-order chi connectivity index (χ1) is 15.5. The van der Waals surface area contributed by atoms with Gasteiger partial charge in [0.1, 0.15) is 5.75 Å². The maximum atomic E-state index is 12.6. The van der Waals surface area contributed by atoms with Crippen molar-refractivity contribution in [1.82, 2.24) is 9.88 Å². The largest absolute Gasteiger partial charge is 0.481 e. The van der Waals surface area contributed by atoms with Gasteiger partial charge in [-0.1, -0.05) is 42.5 Å². The Bertz CT molecular complexity index is 1010. The summed E-state index contributed by atoms with van der Waals surface area (Å²) in [6.45, 7) is 8.45. The van der Waals surface area contributed by atoms with Crippen molar-refractivity contribution < 1.29 is 14.3 Å². The number of nitrogens with one attached hydrogen (secondary N) is 1. The highest BCUT2D eigenvalue weighted by molar-refractivity contribution is 7.13. The average molecular weight is 452 g/mol. The summed E-state index contributed by atoms with van der Waals surface area (Å²) in [7, 11) is 0. The summed E-state index contributed by atoms with van der Waals surface area (Å²) in [5.74, 6) is 0.439. The maximum Gasteiger partial charge on any atom is 0.266 e. The molecule has 1 aromatic heterocycles. The Labute approximate surface area is 193 Å². The first kappa shape index (κ1) is 22.5. The normalized spacial score (nSPS) is 20.0. The topological polar surface area (TPSA) is 63.7 Å². The summed E-state index contributed by atoms with van der Waals surface area (Å²) in [5, 5.41) is 5.46. The lowest BCUT2D eigenvalue weighted by Crippen LogP contribution is -2.44. The number of hydrogen-bond acceptors (Lipinski definition) is 6. The smallest absolute Gasteiger partial charge is 0.266 e. The number of aromatic nitrogens is 1. The minimum atomic E-state index is -0.633. The number of carbonyl (C=O) groups is 1. The molecule has 3 aromatic rings. The predicted octanol–water partition coefficient (Wildman–Crippen LogP) is 4.83. The number of morpholine rings is 1. The second-order valence-electron chi connectivity index (χ2n) is 8.24. The van der Waals surface area contributed by atoms with Gasteiger partial charge < -0.3 is 9.47 Å². The van der Waals surface area contributed by atoms with E-state index in [2.05, 4.69) is 41.2 Å². The summed E-state index contributed by atoms with van der Waals surface area (Å²) >= 11 is 1.43. The van der Waals surface area contributed by atoms with Gasteiger partial charge in [0.15, 0.2) is 11.2 Å².